The van der Waals surface area contributed by atoms with E-state index in [2.05, 4.69) is 11.4 Å². The van der Waals surface area contributed by atoms with E-state index in [0.717, 1.165) is 30.7 Å². The fourth-order valence-electron chi connectivity index (χ4n) is 1.90. The molecule has 0 aliphatic heterocycles. The highest BCUT2D eigenvalue weighted by molar-refractivity contribution is 5.31. The molecule has 1 unspecified atom stereocenters. The van der Waals surface area contributed by atoms with Crippen LogP contribution in [0, 0.1) is 18.3 Å². The molecule has 0 saturated heterocycles. The smallest absolute Gasteiger partial charge is 0.122 e. The van der Waals surface area contributed by atoms with Crippen LogP contribution in [0.2, 0.25) is 0 Å². The van der Waals surface area contributed by atoms with Crippen molar-refractivity contribution in [2.24, 2.45) is 0 Å². The number of aryl methyl sites for hydroxylation is 1. The molecule has 0 radical (unpaired) electrons. The maximum atomic E-state index is 9.12. The van der Waals surface area contributed by atoms with E-state index in [1.807, 2.05) is 45.0 Å². The van der Waals surface area contributed by atoms with Crippen LogP contribution in [0.1, 0.15) is 32.3 Å². The summed E-state index contributed by atoms with van der Waals surface area (Å²) in [5, 5.41) is 12.3. The Labute approximate surface area is 110 Å². The van der Waals surface area contributed by atoms with Gasteiger partial charge < -0.3 is 4.74 Å². The quantitative estimate of drug-likeness (QED) is 0.752. The Balaban J connectivity index is 2.35. The van der Waals surface area contributed by atoms with Crippen LogP contribution in [0.25, 0.3) is 0 Å². The van der Waals surface area contributed by atoms with Gasteiger partial charge in [-0.15, -0.1) is 0 Å². The van der Waals surface area contributed by atoms with E-state index in [1.165, 1.54) is 0 Å². The summed E-state index contributed by atoms with van der Waals surface area (Å²) >= 11 is 0. The first-order valence-electron chi connectivity index (χ1n) is 6.46. The van der Waals surface area contributed by atoms with Crippen molar-refractivity contribution in [3.05, 3.63) is 29.8 Å². The van der Waals surface area contributed by atoms with Gasteiger partial charge in [0.15, 0.2) is 0 Å². The molecule has 0 heterocycles. The molecule has 0 aromatic heterocycles. The number of rotatable bonds is 7. The van der Waals surface area contributed by atoms with Crippen molar-refractivity contribution in [3.63, 3.8) is 0 Å². The Bertz CT molecular complexity index is 411. The molecule has 3 heteroatoms. The number of hydrogen-bond acceptors (Lipinski definition) is 3. The van der Waals surface area contributed by atoms with E-state index in [-0.39, 0.29) is 0 Å². The molecule has 0 saturated carbocycles. The molecule has 1 rings (SSSR count). The van der Waals surface area contributed by atoms with E-state index in [4.69, 9.17) is 10.00 Å². The summed E-state index contributed by atoms with van der Waals surface area (Å²) in [4.78, 5) is 0. The van der Waals surface area contributed by atoms with Crippen LogP contribution in [0.4, 0.5) is 0 Å². The Morgan fingerprint density at radius 3 is 2.72 bits per heavy atom. The van der Waals surface area contributed by atoms with Gasteiger partial charge in [-0.3, -0.25) is 5.32 Å². The average Bonchev–Trinajstić information content (AvgIpc) is 2.37. The van der Waals surface area contributed by atoms with E-state index >= 15 is 0 Å². The first-order valence-corrected chi connectivity index (χ1v) is 6.46. The third-order valence-corrected chi connectivity index (χ3v) is 2.99. The van der Waals surface area contributed by atoms with Gasteiger partial charge in [-0.05, 0) is 44.9 Å². The van der Waals surface area contributed by atoms with Gasteiger partial charge in [-0.1, -0.05) is 25.1 Å². The zero-order valence-corrected chi connectivity index (χ0v) is 11.5. The second-order valence-corrected chi connectivity index (χ2v) is 4.69. The molecule has 18 heavy (non-hydrogen) atoms. The second kappa shape index (κ2) is 7.03. The van der Waals surface area contributed by atoms with E-state index in [1.54, 1.807) is 0 Å². The Kier molecular flexibility index (Phi) is 5.67. The molecule has 0 bridgehead atoms. The fourth-order valence-corrected chi connectivity index (χ4v) is 1.90. The first kappa shape index (κ1) is 14.5. The van der Waals surface area contributed by atoms with Gasteiger partial charge in [0.2, 0.25) is 0 Å². The molecule has 0 aliphatic rings. The van der Waals surface area contributed by atoms with Crippen molar-refractivity contribution in [2.45, 2.75) is 39.2 Å². The molecule has 98 valence electrons. The Hall–Kier alpha value is -1.53. The van der Waals surface area contributed by atoms with Crippen LogP contribution in [0.5, 0.6) is 5.75 Å². The average molecular weight is 246 g/mol. The van der Waals surface area contributed by atoms with Gasteiger partial charge in [0.05, 0.1) is 12.7 Å². The lowest BCUT2D eigenvalue weighted by Crippen LogP contribution is -2.40. The number of nitriles is 1. The van der Waals surface area contributed by atoms with E-state index < -0.39 is 5.54 Å². The first-order chi connectivity index (χ1) is 8.61. The van der Waals surface area contributed by atoms with Crippen LogP contribution >= 0.6 is 0 Å². The molecule has 0 aliphatic carbocycles. The number of nitrogens with one attached hydrogen (secondary N) is 1. The number of nitrogens with zero attached hydrogens (tertiary/aromatic N) is 1. The zero-order chi connectivity index (χ0) is 13.4. The normalized spacial score (nSPS) is 13.7. The maximum absolute atomic E-state index is 9.12. The highest BCUT2D eigenvalue weighted by Gasteiger charge is 2.21. The van der Waals surface area contributed by atoms with Crippen LogP contribution in [0.15, 0.2) is 24.3 Å². The molecule has 1 aromatic carbocycles. The van der Waals surface area contributed by atoms with Crippen molar-refractivity contribution in [3.8, 4) is 11.8 Å². The van der Waals surface area contributed by atoms with Gasteiger partial charge >= 0.3 is 0 Å². The molecule has 1 atom stereocenters. The SMILES string of the molecule is CCNC(C)(C#N)CCCOc1ccccc1C. The highest BCUT2D eigenvalue weighted by atomic mass is 16.5. The van der Waals surface area contributed by atoms with Crippen molar-refractivity contribution in [1.82, 2.24) is 5.32 Å². The van der Waals surface area contributed by atoms with Crippen molar-refractivity contribution < 1.29 is 4.74 Å². The standard InChI is InChI=1S/C15H22N2O/c1-4-17-15(3,12-16)10-7-11-18-14-9-6-5-8-13(14)2/h5-6,8-9,17H,4,7,10-11H2,1-3H3. The highest BCUT2D eigenvalue weighted by Crippen LogP contribution is 2.17. The van der Waals surface area contributed by atoms with Crippen molar-refractivity contribution >= 4 is 0 Å². The molecular weight excluding hydrogens is 224 g/mol. The van der Waals surface area contributed by atoms with Gasteiger partial charge in [0, 0.05) is 0 Å². The molecule has 0 fully saturated rings. The largest absolute Gasteiger partial charge is 0.493 e. The number of ether oxygens (including phenoxy) is 1. The lowest BCUT2D eigenvalue weighted by molar-refractivity contribution is 0.285. The minimum Gasteiger partial charge on any atom is -0.493 e. The summed E-state index contributed by atoms with van der Waals surface area (Å²) in [5.74, 6) is 0.930. The van der Waals surface area contributed by atoms with E-state index in [0.29, 0.717) is 6.61 Å². The van der Waals surface area contributed by atoms with Gasteiger partial charge in [0.1, 0.15) is 11.3 Å². The van der Waals surface area contributed by atoms with Crippen molar-refractivity contribution in [1.29, 1.82) is 5.26 Å². The summed E-state index contributed by atoms with van der Waals surface area (Å²) in [6, 6.07) is 10.3. The summed E-state index contributed by atoms with van der Waals surface area (Å²) in [6.45, 7) is 7.44. The monoisotopic (exact) mass is 246 g/mol. The van der Waals surface area contributed by atoms with Crippen LogP contribution in [0.3, 0.4) is 0 Å². The van der Waals surface area contributed by atoms with Crippen LogP contribution in [-0.2, 0) is 0 Å². The minimum absolute atomic E-state index is 0.441. The topological polar surface area (TPSA) is 45.0 Å². The van der Waals surface area contributed by atoms with Crippen molar-refractivity contribution in [2.75, 3.05) is 13.2 Å². The van der Waals surface area contributed by atoms with Gasteiger partial charge in [-0.2, -0.15) is 5.26 Å². The molecule has 3 nitrogen and oxygen atoms in total. The zero-order valence-electron chi connectivity index (χ0n) is 11.5. The number of hydrogen-bond donors (Lipinski definition) is 1. The number of para-hydroxylation sites is 1. The predicted octanol–water partition coefficient (Wildman–Crippen LogP) is 3.05. The fraction of sp³-hybridized carbons (Fsp3) is 0.533. The number of benzene rings is 1. The van der Waals surface area contributed by atoms with Gasteiger partial charge in [-0.25, -0.2) is 0 Å². The summed E-state index contributed by atoms with van der Waals surface area (Å²) in [6.07, 6.45) is 1.66. The molecule has 1 N–H and O–H groups in total. The molecule has 0 spiro atoms. The van der Waals surface area contributed by atoms with Crippen LogP contribution in [-0.4, -0.2) is 18.7 Å². The molecular formula is C15H22N2O. The second-order valence-electron chi connectivity index (χ2n) is 4.69. The lowest BCUT2D eigenvalue weighted by Gasteiger charge is -2.22. The predicted molar refractivity (Wildman–Crippen MR) is 73.6 cm³/mol. The maximum Gasteiger partial charge on any atom is 0.122 e. The third-order valence-electron chi connectivity index (χ3n) is 2.99. The summed E-state index contributed by atoms with van der Waals surface area (Å²) in [7, 11) is 0. The van der Waals surface area contributed by atoms with E-state index in [9.17, 15) is 0 Å². The van der Waals surface area contributed by atoms with Gasteiger partial charge in [0.25, 0.3) is 0 Å². The third kappa shape index (κ3) is 4.38. The Morgan fingerprint density at radius 1 is 1.39 bits per heavy atom. The Morgan fingerprint density at radius 2 is 2.11 bits per heavy atom. The molecule has 0 amide bonds. The lowest BCUT2D eigenvalue weighted by atomic mass is 9.98. The summed E-state index contributed by atoms with van der Waals surface area (Å²) < 4.78 is 5.72. The van der Waals surface area contributed by atoms with Crippen LogP contribution < -0.4 is 10.1 Å². The minimum atomic E-state index is -0.441. The molecule has 1 aromatic rings. The summed E-state index contributed by atoms with van der Waals surface area (Å²) in [5.41, 5.74) is 0.705.